The van der Waals surface area contributed by atoms with Gasteiger partial charge in [-0.05, 0) is 31.5 Å². The van der Waals surface area contributed by atoms with Crippen molar-refractivity contribution in [1.82, 2.24) is 0 Å². The van der Waals surface area contributed by atoms with Gasteiger partial charge >= 0.3 is 5.97 Å². The fourth-order valence-electron chi connectivity index (χ4n) is 1.97. The van der Waals surface area contributed by atoms with E-state index < -0.39 is 17.5 Å². The third kappa shape index (κ3) is 2.66. The molecule has 0 saturated heterocycles. The van der Waals surface area contributed by atoms with E-state index in [1.807, 2.05) is 0 Å². The van der Waals surface area contributed by atoms with Crippen LogP contribution in [0, 0.1) is 5.92 Å². The maximum Gasteiger partial charge on any atom is 0.309 e. The molecule has 0 aliphatic carbocycles. The molecule has 1 aliphatic rings. The molecule has 0 radical (unpaired) electrons. The van der Waals surface area contributed by atoms with E-state index in [-0.39, 0.29) is 0 Å². The van der Waals surface area contributed by atoms with Crippen molar-refractivity contribution in [3.05, 3.63) is 23.8 Å². The van der Waals surface area contributed by atoms with Crippen molar-refractivity contribution in [2.75, 3.05) is 13.2 Å². The summed E-state index contributed by atoms with van der Waals surface area (Å²) in [5.74, 6) is -0.790. The number of benzene rings is 1. The predicted molar refractivity (Wildman–Crippen MR) is 68.4 cm³/mol. The van der Waals surface area contributed by atoms with Crippen LogP contribution in [-0.2, 0) is 10.4 Å². The maximum absolute atomic E-state index is 11.0. The van der Waals surface area contributed by atoms with E-state index in [0.29, 0.717) is 30.3 Å². The van der Waals surface area contributed by atoms with Crippen LogP contribution in [0.25, 0.3) is 0 Å². The summed E-state index contributed by atoms with van der Waals surface area (Å²) in [6.07, 6.45) is 0.798. The van der Waals surface area contributed by atoms with Crippen molar-refractivity contribution in [3.63, 3.8) is 0 Å². The topological polar surface area (TPSA) is 76.0 Å². The monoisotopic (exact) mass is 266 g/mol. The minimum absolute atomic E-state index is 0.506. The van der Waals surface area contributed by atoms with E-state index in [9.17, 15) is 9.90 Å². The van der Waals surface area contributed by atoms with E-state index in [0.717, 1.165) is 6.42 Å². The Morgan fingerprint density at radius 1 is 1.32 bits per heavy atom. The Kier molecular flexibility index (Phi) is 3.66. The highest BCUT2D eigenvalue weighted by molar-refractivity contribution is 5.71. The first-order chi connectivity index (χ1) is 8.93. The van der Waals surface area contributed by atoms with Crippen LogP contribution in [0.3, 0.4) is 0 Å². The number of rotatable bonds is 3. The summed E-state index contributed by atoms with van der Waals surface area (Å²) >= 11 is 0. The van der Waals surface area contributed by atoms with Crippen LogP contribution in [0.5, 0.6) is 11.5 Å². The number of carboxylic acid groups (broad SMARTS) is 1. The fraction of sp³-hybridized carbons (Fsp3) is 0.500. The summed E-state index contributed by atoms with van der Waals surface area (Å²) in [4.78, 5) is 11.0. The minimum atomic E-state index is -1.46. The van der Waals surface area contributed by atoms with Crippen LogP contribution in [0.1, 0.15) is 25.8 Å². The zero-order valence-electron chi connectivity index (χ0n) is 11.0. The number of carboxylic acids is 1. The lowest BCUT2D eigenvalue weighted by molar-refractivity contribution is -0.150. The van der Waals surface area contributed by atoms with Gasteiger partial charge in [-0.2, -0.15) is 0 Å². The predicted octanol–water partition coefficient (Wildman–Crippen LogP) is 1.78. The van der Waals surface area contributed by atoms with Crippen LogP contribution in [-0.4, -0.2) is 29.4 Å². The van der Waals surface area contributed by atoms with Gasteiger partial charge < -0.3 is 19.7 Å². The molecule has 0 saturated carbocycles. The quantitative estimate of drug-likeness (QED) is 0.872. The van der Waals surface area contributed by atoms with Crippen molar-refractivity contribution < 1.29 is 24.5 Å². The molecule has 2 N–H and O–H groups in total. The molecule has 5 nitrogen and oxygen atoms in total. The van der Waals surface area contributed by atoms with E-state index in [1.165, 1.54) is 13.8 Å². The first-order valence-electron chi connectivity index (χ1n) is 6.28. The SMILES string of the molecule is CC(C(=O)O)C(C)(O)c1ccc2c(c1)OCCCO2. The molecule has 1 aromatic rings. The van der Waals surface area contributed by atoms with Crippen LogP contribution in [0.4, 0.5) is 0 Å². The van der Waals surface area contributed by atoms with Gasteiger partial charge in [0.15, 0.2) is 11.5 Å². The Bertz CT molecular complexity index is 481. The van der Waals surface area contributed by atoms with Gasteiger partial charge in [-0.1, -0.05) is 6.07 Å². The standard InChI is InChI=1S/C14H18O5/c1-9(13(15)16)14(2,17)10-4-5-11-12(8-10)19-7-3-6-18-11/h4-5,8-9,17H,3,6-7H2,1-2H3,(H,15,16). The summed E-state index contributed by atoms with van der Waals surface area (Å²) < 4.78 is 11.0. The molecule has 2 atom stereocenters. The largest absolute Gasteiger partial charge is 0.490 e. The van der Waals surface area contributed by atoms with Gasteiger partial charge in [0.05, 0.1) is 24.7 Å². The number of fused-ring (bicyclic) bond motifs is 1. The summed E-state index contributed by atoms with van der Waals surface area (Å²) in [5.41, 5.74) is -0.956. The molecule has 1 aliphatic heterocycles. The molecule has 0 fully saturated rings. The first kappa shape index (κ1) is 13.7. The second kappa shape index (κ2) is 5.09. The normalized spacial score (nSPS) is 19.1. The Labute approximate surface area is 111 Å². The molecule has 2 unspecified atom stereocenters. The van der Waals surface area contributed by atoms with Gasteiger partial charge in [-0.3, -0.25) is 4.79 Å². The third-order valence-electron chi connectivity index (χ3n) is 3.55. The van der Waals surface area contributed by atoms with Crippen molar-refractivity contribution >= 4 is 5.97 Å². The maximum atomic E-state index is 11.0. The Morgan fingerprint density at radius 3 is 2.58 bits per heavy atom. The summed E-state index contributed by atoms with van der Waals surface area (Å²) in [7, 11) is 0. The summed E-state index contributed by atoms with van der Waals surface area (Å²) in [6, 6.07) is 5.03. The lowest BCUT2D eigenvalue weighted by Gasteiger charge is -2.28. The van der Waals surface area contributed by atoms with Gasteiger partial charge in [-0.25, -0.2) is 0 Å². The molecule has 19 heavy (non-hydrogen) atoms. The lowest BCUT2D eigenvalue weighted by atomic mass is 9.84. The molecule has 1 heterocycles. The average Bonchev–Trinajstić information content (AvgIpc) is 2.61. The fourth-order valence-corrected chi connectivity index (χ4v) is 1.97. The molecule has 0 amide bonds. The Hall–Kier alpha value is -1.75. The van der Waals surface area contributed by atoms with E-state index in [1.54, 1.807) is 18.2 Å². The second-order valence-corrected chi connectivity index (χ2v) is 4.92. The van der Waals surface area contributed by atoms with Gasteiger partial charge in [0.25, 0.3) is 0 Å². The highest BCUT2D eigenvalue weighted by atomic mass is 16.5. The number of carbonyl (C=O) groups is 1. The lowest BCUT2D eigenvalue weighted by Crippen LogP contribution is -2.35. The summed E-state index contributed by atoms with van der Waals surface area (Å²) in [6.45, 7) is 4.11. The van der Waals surface area contributed by atoms with Gasteiger partial charge in [0, 0.05) is 6.42 Å². The number of hydrogen-bond donors (Lipinski definition) is 2. The molecule has 2 rings (SSSR count). The minimum Gasteiger partial charge on any atom is -0.490 e. The molecule has 5 heteroatoms. The van der Waals surface area contributed by atoms with E-state index in [2.05, 4.69) is 0 Å². The Morgan fingerprint density at radius 2 is 1.95 bits per heavy atom. The molecule has 0 bridgehead atoms. The zero-order valence-corrected chi connectivity index (χ0v) is 11.0. The smallest absolute Gasteiger partial charge is 0.309 e. The van der Waals surface area contributed by atoms with Crippen LogP contribution in [0.2, 0.25) is 0 Å². The first-order valence-corrected chi connectivity index (χ1v) is 6.28. The van der Waals surface area contributed by atoms with E-state index >= 15 is 0 Å². The average molecular weight is 266 g/mol. The number of aliphatic carboxylic acids is 1. The summed E-state index contributed by atoms with van der Waals surface area (Å²) in [5, 5.41) is 19.5. The molecule has 1 aromatic carbocycles. The molecule has 0 aromatic heterocycles. The molecule has 104 valence electrons. The molecule has 0 spiro atoms. The van der Waals surface area contributed by atoms with Gasteiger partial charge in [0.1, 0.15) is 0 Å². The van der Waals surface area contributed by atoms with Crippen LogP contribution >= 0.6 is 0 Å². The Balaban J connectivity index is 2.35. The third-order valence-corrected chi connectivity index (χ3v) is 3.55. The molecular formula is C14H18O5. The molecular weight excluding hydrogens is 248 g/mol. The van der Waals surface area contributed by atoms with E-state index in [4.69, 9.17) is 14.6 Å². The highest BCUT2D eigenvalue weighted by Gasteiger charge is 2.36. The van der Waals surface area contributed by atoms with Crippen LogP contribution in [0.15, 0.2) is 18.2 Å². The second-order valence-electron chi connectivity index (χ2n) is 4.92. The van der Waals surface area contributed by atoms with Crippen LogP contribution < -0.4 is 9.47 Å². The van der Waals surface area contributed by atoms with Gasteiger partial charge in [0.2, 0.25) is 0 Å². The number of aliphatic hydroxyl groups is 1. The van der Waals surface area contributed by atoms with Crippen molar-refractivity contribution in [1.29, 1.82) is 0 Å². The number of ether oxygens (including phenoxy) is 2. The highest BCUT2D eigenvalue weighted by Crippen LogP contribution is 2.37. The van der Waals surface area contributed by atoms with Gasteiger partial charge in [-0.15, -0.1) is 0 Å². The van der Waals surface area contributed by atoms with Crippen molar-refractivity contribution in [3.8, 4) is 11.5 Å². The van der Waals surface area contributed by atoms with Crippen molar-refractivity contribution in [2.45, 2.75) is 25.9 Å². The zero-order chi connectivity index (χ0) is 14.0. The van der Waals surface area contributed by atoms with Crippen molar-refractivity contribution in [2.24, 2.45) is 5.92 Å². The number of hydrogen-bond acceptors (Lipinski definition) is 4.